The van der Waals surface area contributed by atoms with Gasteiger partial charge in [-0.1, -0.05) is 13.5 Å². The highest BCUT2D eigenvalue weighted by atomic mass is 35.5. The predicted octanol–water partition coefficient (Wildman–Crippen LogP) is -2.24. The van der Waals surface area contributed by atoms with Gasteiger partial charge in [0.05, 0.1) is 27.7 Å². The van der Waals surface area contributed by atoms with Crippen molar-refractivity contribution in [3.8, 4) is 0 Å². The Morgan fingerprint density at radius 2 is 1.77 bits per heavy atom. The van der Waals surface area contributed by atoms with Crippen molar-refractivity contribution in [2.45, 2.75) is 13.3 Å². The van der Waals surface area contributed by atoms with Crippen molar-refractivity contribution in [2.75, 3.05) is 27.7 Å². The fraction of sp³-hybridized carbons (Fsp3) is 0.667. The van der Waals surface area contributed by atoms with E-state index in [0.29, 0.717) is 0 Å². The van der Waals surface area contributed by atoms with Crippen LogP contribution in [0.5, 0.6) is 0 Å². The van der Waals surface area contributed by atoms with Gasteiger partial charge in [-0.05, 0) is 12.5 Å². The molecule has 0 aromatic carbocycles. The Bertz CT molecular complexity index is 141. The van der Waals surface area contributed by atoms with Gasteiger partial charge in [0.15, 0.2) is 0 Å². The third kappa shape index (κ3) is 34.4. The largest absolute Gasteiger partial charge is 1.00 e. The molecule has 0 aromatic heterocycles. The van der Waals surface area contributed by atoms with E-state index in [4.69, 9.17) is 0 Å². The number of quaternary nitrogens is 1. The molecule has 4 heteroatoms. The number of nitrogens with zero attached hydrogens (tertiary/aromatic N) is 1. The van der Waals surface area contributed by atoms with Gasteiger partial charge in [0.2, 0.25) is 5.91 Å². The van der Waals surface area contributed by atoms with E-state index in [-0.39, 0.29) is 12.4 Å². The molecule has 3 nitrogen and oxygen atoms in total. The van der Waals surface area contributed by atoms with Gasteiger partial charge >= 0.3 is 0 Å². The van der Waals surface area contributed by atoms with Crippen LogP contribution in [0.3, 0.4) is 0 Å². The second-order valence-corrected chi connectivity index (χ2v) is 3.62. The molecule has 0 rings (SSSR count). The summed E-state index contributed by atoms with van der Waals surface area (Å²) in [4.78, 5) is 9.47. The average molecular weight is 209 g/mol. The highest BCUT2D eigenvalue weighted by Gasteiger charge is 2.01. The lowest BCUT2D eigenvalue weighted by Gasteiger charge is -2.22. The second kappa shape index (κ2) is 9.55. The summed E-state index contributed by atoms with van der Waals surface area (Å²) < 4.78 is 1.09. The standard InChI is InChI=1S/C6H16N.C3H5NO.ClH/c1-5-6-7(2,3)4;1-2-3(4)5;/h5-6H2,1-4H3;2H,1H2,(H2,4,5);1H/q+1;;/p-1. The summed E-state index contributed by atoms with van der Waals surface area (Å²) in [6.07, 6.45) is 2.34. The monoisotopic (exact) mass is 208 g/mol. The van der Waals surface area contributed by atoms with E-state index in [1.165, 1.54) is 13.0 Å². The lowest BCUT2D eigenvalue weighted by Crippen LogP contribution is -3.00. The lowest BCUT2D eigenvalue weighted by atomic mass is 10.4. The summed E-state index contributed by atoms with van der Waals surface area (Å²) in [5.74, 6) is -0.481. The van der Waals surface area contributed by atoms with Gasteiger partial charge in [-0.25, -0.2) is 0 Å². The lowest BCUT2D eigenvalue weighted by molar-refractivity contribution is -0.870. The Hall–Kier alpha value is -0.540. The summed E-state index contributed by atoms with van der Waals surface area (Å²) in [6.45, 7) is 6.58. The molecule has 0 fully saturated rings. The maximum Gasteiger partial charge on any atom is 0.240 e. The molecule has 0 spiro atoms. The van der Waals surface area contributed by atoms with Crippen molar-refractivity contribution in [3.05, 3.63) is 12.7 Å². The normalized spacial score (nSPS) is 8.92. The molecule has 0 aromatic rings. The zero-order valence-electron chi connectivity index (χ0n) is 9.01. The minimum atomic E-state index is -0.481. The van der Waals surface area contributed by atoms with Crippen LogP contribution in [0.25, 0.3) is 0 Å². The number of carbonyl (C=O) groups excluding carboxylic acids is 1. The van der Waals surface area contributed by atoms with Crippen LogP contribution in [0, 0.1) is 0 Å². The number of hydrogen-bond acceptors (Lipinski definition) is 1. The molecule has 0 saturated heterocycles. The van der Waals surface area contributed by atoms with Crippen LogP contribution in [0.15, 0.2) is 12.7 Å². The molecule has 13 heavy (non-hydrogen) atoms. The van der Waals surface area contributed by atoms with Crippen molar-refractivity contribution in [2.24, 2.45) is 5.73 Å². The first-order valence-corrected chi connectivity index (χ1v) is 4.05. The van der Waals surface area contributed by atoms with Gasteiger partial charge in [-0.15, -0.1) is 0 Å². The summed E-state index contributed by atoms with van der Waals surface area (Å²) in [6, 6.07) is 0. The van der Waals surface area contributed by atoms with E-state index >= 15 is 0 Å². The third-order valence-electron chi connectivity index (χ3n) is 1.10. The van der Waals surface area contributed by atoms with Crippen LogP contribution >= 0.6 is 0 Å². The maximum absolute atomic E-state index is 9.47. The molecule has 0 heterocycles. The molecule has 80 valence electrons. The maximum atomic E-state index is 9.47. The molecule has 0 aliphatic rings. The second-order valence-electron chi connectivity index (χ2n) is 3.62. The van der Waals surface area contributed by atoms with Crippen LogP contribution in [0.4, 0.5) is 0 Å². The Morgan fingerprint density at radius 3 is 1.77 bits per heavy atom. The van der Waals surface area contributed by atoms with Crippen molar-refractivity contribution in [1.29, 1.82) is 0 Å². The molecule has 0 radical (unpaired) electrons. The van der Waals surface area contributed by atoms with Crippen LogP contribution < -0.4 is 18.1 Å². The summed E-state index contributed by atoms with van der Waals surface area (Å²) >= 11 is 0. The number of rotatable bonds is 3. The SMILES string of the molecule is C=CC(N)=O.CCC[N+](C)(C)C.[Cl-]. The van der Waals surface area contributed by atoms with Gasteiger partial charge in [-0.3, -0.25) is 4.79 Å². The predicted molar refractivity (Wildman–Crippen MR) is 52.6 cm³/mol. The summed E-state index contributed by atoms with van der Waals surface area (Å²) in [5.41, 5.74) is 4.53. The first kappa shape index (κ1) is 18.3. The molecule has 0 bridgehead atoms. The van der Waals surface area contributed by atoms with Gasteiger partial charge < -0.3 is 22.6 Å². The highest BCUT2D eigenvalue weighted by molar-refractivity contribution is 5.84. The number of hydrogen-bond donors (Lipinski definition) is 1. The van der Waals surface area contributed by atoms with Crippen LogP contribution in [-0.4, -0.2) is 38.1 Å². The van der Waals surface area contributed by atoms with Gasteiger partial charge in [-0.2, -0.15) is 0 Å². The fourth-order valence-corrected chi connectivity index (χ4v) is 0.671. The molecule has 0 unspecified atom stereocenters. The summed E-state index contributed by atoms with van der Waals surface area (Å²) in [5, 5.41) is 0. The quantitative estimate of drug-likeness (QED) is 0.414. The minimum absolute atomic E-state index is 0. The van der Waals surface area contributed by atoms with Gasteiger partial charge in [0.1, 0.15) is 0 Å². The number of amides is 1. The third-order valence-corrected chi connectivity index (χ3v) is 1.10. The van der Waals surface area contributed by atoms with Crippen molar-refractivity contribution in [1.82, 2.24) is 0 Å². The van der Waals surface area contributed by atoms with E-state index in [9.17, 15) is 4.79 Å². The minimum Gasteiger partial charge on any atom is -1.00 e. The zero-order chi connectivity index (χ0) is 10.2. The number of halogens is 1. The topological polar surface area (TPSA) is 43.1 Å². The van der Waals surface area contributed by atoms with Crippen molar-refractivity contribution in [3.63, 3.8) is 0 Å². The molecule has 2 N–H and O–H groups in total. The first-order valence-electron chi connectivity index (χ1n) is 4.05. The summed E-state index contributed by atoms with van der Waals surface area (Å²) in [7, 11) is 6.64. The first-order chi connectivity index (χ1) is 5.33. The van der Waals surface area contributed by atoms with E-state index in [0.717, 1.165) is 10.6 Å². The van der Waals surface area contributed by atoms with E-state index < -0.39 is 5.91 Å². The molecule has 0 aliphatic carbocycles. The Labute approximate surface area is 87.6 Å². The molecule has 1 amide bonds. The van der Waals surface area contributed by atoms with Gasteiger partial charge in [0, 0.05) is 0 Å². The van der Waals surface area contributed by atoms with Crippen LogP contribution in [-0.2, 0) is 4.79 Å². The number of carbonyl (C=O) groups is 1. The van der Waals surface area contributed by atoms with E-state index in [1.807, 2.05) is 0 Å². The Balaban J connectivity index is -0.000000150. The Kier molecular flexibility index (Phi) is 13.4. The van der Waals surface area contributed by atoms with Crippen LogP contribution in [0.1, 0.15) is 13.3 Å². The van der Waals surface area contributed by atoms with Crippen molar-refractivity contribution >= 4 is 5.91 Å². The van der Waals surface area contributed by atoms with Gasteiger partial charge in [0.25, 0.3) is 0 Å². The molecule has 0 saturated carbocycles. The van der Waals surface area contributed by atoms with Crippen LogP contribution in [0.2, 0.25) is 0 Å². The molecule has 0 aliphatic heterocycles. The average Bonchev–Trinajstić information content (AvgIpc) is 1.86. The number of primary amides is 1. The smallest absolute Gasteiger partial charge is 0.240 e. The zero-order valence-corrected chi connectivity index (χ0v) is 9.77. The van der Waals surface area contributed by atoms with E-state index in [2.05, 4.69) is 40.4 Å². The van der Waals surface area contributed by atoms with E-state index in [1.54, 1.807) is 0 Å². The number of nitrogens with two attached hydrogens (primary N) is 1. The molecular formula is C9H21ClN2O. The Morgan fingerprint density at radius 1 is 1.46 bits per heavy atom. The molecular weight excluding hydrogens is 188 g/mol. The van der Waals surface area contributed by atoms with Crippen molar-refractivity contribution < 1.29 is 21.7 Å². The molecule has 0 atom stereocenters. The highest BCUT2D eigenvalue weighted by Crippen LogP contribution is 1.90. The fourth-order valence-electron chi connectivity index (χ4n) is 0.671.